The molecule has 1 aromatic heterocycles. The number of likely N-dealkylation sites (tertiary alicyclic amines) is 2. The van der Waals surface area contributed by atoms with Gasteiger partial charge in [0.1, 0.15) is 23.1 Å². The molecule has 49 heavy (non-hydrogen) atoms. The van der Waals surface area contributed by atoms with E-state index >= 15 is 4.39 Å². The van der Waals surface area contributed by atoms with Crippen LogP contribution >= 0.6 is 11.6 Å². The second-order valence-corrected chi connectivity index (χ2v) is 13.1. The summed E-state index contributed by atoms with van der Waals surface area (Å²) >= 11 is 7.01. The Labute approximate surface area is 286 Å². The molecule has 7 rings (SSSR count). The van der Waals surface area contributed by atoms with Crippen LogP contribution in [0.2, 0.25) is 5.02 Å². The number of halogens is 4. The summed E-state index contributed by atoms with van der Waals surface area (Å²) in [7, 11) is 0. The molecule has 0 radical (unpaired) electrons. The lowest BCUT2D eigenvalue weighted by Gasteiger charge is -2.22. The molecule has 0 aliphatic carbocycles. The van der Waals surface area contributed by atoms with Crippen LogP contribution in [0.5, 0.6) is 5.75 Å². The fourth-order valence-corrected chi connectivity index (χ4v) is 7.47. The summed E-state index contributed by atoms with van der Waals surface area (Å²) in [5.41, 5.74) is 5.98. The molecular weight excluding hydrogens is 655 g/mol. The number of nitrogens with zero attached hydrogens (tertiary/aromatic N) is 3. The number of oxazole rings is 1. The minimum atomic E-state index is -3.08. The monoisotopic (exact) mass is 689 g/mol. The molecule has 0 saturated carbocycles. The van der Waals surface area contributed by atoms with E-state index in [0.717, 1.165) is 36.3 Å². The summed E-state index contributed by atoms with van der Waals surface area (Å²) in [6.07, 6.45) is 3.52. The van der Waals surface area contributed by atoms with E-state index < -0.39 is 18.6 Å². The Morgan fingerprint density at radius 3 is 2.39 bits per heavy atom. The number of alkyl halides is 2. The van der Waals surface area contributed by atoms with Crippen molar-refractivity contribution in [3.8, 4) is 39.5 Å². The topological polar surface area (TPSA) is 79.0 Å². The van der Waals surface area contributed by atoms with E-state index in [1.165, 1.54) is 18.9 Å². The van der Waals surface area contributed by atoms with Gasteiger partial charge in [-0.25, -0.2) is 9.37 Å². The predicted molar refractivity (Wildman–Crippen MR) is 182 cm³/mol. The number of aliphatic carboxylic acids is 1. The molecule has 1 atom stereocenters. The summed E-state index contributed by atoms with van der Waals surface area (Å²) in [5, 5.41) is 10.0. The Kier molecular flexibility index (Phi) is 9.37. The molecule has 2 aliphatic heterocycles. The number of carbonyl (C=O) groups is 1. The molecule has 1 N–H and O–H groups in total. The zero-order valence-corrected chi connectivity index (χ0v) is 27.7. The van der Waals surface area contributed by atoms with Gasteiger partial charge in [-0.3, -0.25) is 14.6 Å². The van der Waals surface area contributed by atoms with E-state index in [0.29, 0.717) is 57.7 Å². The molecular formula is C38H35ClF3N3O4. The van der Waals surface area contributed by atoms with E-state index in [4.69, 9.17) is 25.7 Å². The van der Waals surface area contributed by atoms with Crippen LogP contribution in [-0.2, 0) is 17.9 Å². The Bertz CT molecular complexity index is 2030. The van der Waals surface area contributed by atoms with Gasteiger partial charge in [0, 0.05) is 47.0 Å². The fraction of sp³-hybridized carbons (Fsp3) is 0.316. The molecule has 2 aliphatic rings. The van der Waals surface area contributed by atoms with Crippen LogP contribution in [0.15, 0.2) is 71.1 Å². The van der Waals surface area contributed by atoms with Gasteiger partial charge in [0.2, 0.25) is 5.89 Å². The number of fused-ring (bicyclic) bond motifs is 1. The number of ether oxygens (including phenoxy) is 1. The smallest absolute Gasteiger partial charge is 0.387 e. The highest BCUT2D eigenvalue weighted by atomic mass is 35.5. The zero-order valence-electron chi connectivity index (χ0n) is 26.9. The first-order chi connectivity index (χ1) is 23.7. The van der Waals surface area contributed by atoms with Gasteiger partial charge in [0.25, 0.3) is 0 Å². The highest BCUT2D eigenvalue weighted by molar-refractivity contribution is 6.36. The van der Waals surface area contributed by atoms with Crippen molar-refractivity contribution in [3.63, 3.8) is 0 Å². The number of hydrogen-bond donors (Lipinski definition) is 1. The van der Waals surface area contributed by atoms with Gasteiger partial charge >= 0.3 is 12.6 Å². The first-order valence-electron chi connectivity index (χ1n) is 16.4. The Balaban J connectivity index is 1.21. The van der Waals surface area contributed by atoms with E-state index in [1.807, 2.05) is 49.4 Å². The van der Waals surface area contributed by atoms with Crippen molar-refractivity contribution >= 4 is 28.7 Å². The SMILES string of the molecule is Cc1c(-c2nc3cc(CN4CCC[C@@H]4C(=O)O)c(OC(F)F)cc3o2)cccc1-c1cccc(-c2ccc(CN3CCCC3)cc2F)c1Cl. The molecule has 0 unspecified atom stereocenters. The van der Waals surface area contributed by atoms with Crippen molar-refractivity contribution < 1.29 is 32.2 Å². The summed E-state index contributed by atoms with van der Waals surface area (Å²) in [6, 6.07) is 18.8. The van der Waals surface area contributed by atoms with Gasteiger partial charge < -0.3 is 14.3 Å². The minimum absolute atomic E-state index is 0.0911. The minimum Gasteiger partial charge on any atom is -0.480 e. The molecule has 0 amide bonds. The highest BCUT2D eigenvalue weighted by Crippen LogP contribution is 2.41. The van der Waals surface area contributed by atoms with Gasteiger partial charge in [-0.1, -0.05) is 54.1 Å². The summed E-state index contributed by atoms with van der Waals surface area (Å²) in [4.78, 5) is 20.5. The average Bonchev–Trinajstić information content (AvgIpc) is 3.84. The standard InChI is InChI=1S/C38H35ClF3N3O4/c1-22-25(28-9-5-10-29(35(28)39)27-13-12-23(17-30(27)40)20-44-14-2-3-15-44)7-4-8-26(22)36-43-31-18-24(21-45-16-6-11-32(45)37(46)47)33(49-38(41)42)19-34(31)48-36/h4-5,7-10,12-13,17-19,32,38H,2-3,6,11,14-16,20-21H2,1H3,(H,46,47)/t32-/m1/s1. The highest BCUT2D eigenvalue weighted by Gasteiger charge is 2.31. The maximum atomic E-state index is 15.5. The third-order valence-electron chi connectivity index (χ3n) is 9.59. The quantitative estimate of drug-likeness (QED) is 0.157. The van der Waals surface area contributed by atoms with Gasteiger partial charge in [0.15, 0.2) is 5.58 Å². The molecule has 5 aromatic rings. The van der Waals surface area contributed by atoms with Gasteiger partial charge in [-0.15, -0.1) is 0 Å². The summed E-state index contributed by atoms with van der Waals surface area (Å²) in [5.74, 6) is -1.10. The molecule has 0 spiro atoms. The van der Waals surface area contributed by atoms with Crippen LogP contribution < -0.4 is 4.74 Å². The Morgan fingerprint density at radius 2 is 1.67 bits per heavy atom. The van der Waals surface area contributed by atoms with Crippen LogP contribution in [0.4, 0.5) is 13.2 Å². The van der Waals surface area contributed by atoms with Crippen molar-refractivity contribution in [2.75, 3.05) is 19.6 Å². The Morgan fingerprint density at radius 1 is 0.959 bits per heavy atom. The Hall–Kier alpha value is -4.38. The lowest BCUT2D eigenvalue weighted by atomic mass is 9.93. The molecule has 4 aromatic carbocycles. The summed E-state index contributed by atoms with van der Waals surface area (Å²) < 4.78 is 53.3. The van der Waals surface area contributed by atoms with Crippen molar-refractivity contribution in [1.82, 2.24) is 14.8 Å². The van der Waals surface area contributed by atoms with Crippen molar-refractivity contribution in [1.29, 1.82) is 0 Å². The second-order valence-electron chi connectivity index (χ2n) is 12.7. The van der Waals surface area contributed by atoms with E-state index in [1.54, 1.807) is 23.1 Å². The number of hydrogen-bond acceptors (Lipinski definition) is 6. The number of carboxylic acid groups (broad SMARTS) is 1. The number of rotatable bonds is 10. The first-order valence-corrected chi connectivity index (χ1v) is 16.8. The predicted octanol–water partition coefficient (Wildman–Crippen LogP) is 9.18. The third kappa shape index (κ3) is 6.77. The van der Waals surface area contributed by atoms with Crippen molar-refractivity contribution in [2.45, 2.75) is 58.3 Å². The van der Waals surface area contributed by atoms with E-state index in [9.17, 15) is 18.7 Å². The van der Waals surface area contributed by atoms with Crippen LogP contribution in [0.3, 0.4) is 0 Å². The van der Waals surface area contributed by atoms with Gasteiger partial charge in [0.05, 0.1) is 5.02 Å². The molecule has 3 heterocycles. The summed E-state index contributed by atoms with van der Waals surface area (Å²) in [6.45, 7) is 2.25. The van der Waals surface area contributed by atoms with Crippen LogP contribution in [-0.4, -0.2) is 58.1 Å². The molecule has 2 fully saturated rings. The van der Waals surface area contributed by atoms with Crippen LogP contribution in [0.1, 0.15) is 42.4 Å². The number of aromatic nitrogens is 1. The average molecular weight is 690 g/mol. The van der Waals surface area contributed by atoms with Crippen molar-refractivity contribution in [2.24, 2.45) is 0 Å². The number of carboxylic acids is 1. The lowest BCUT2D eigenvalue weighted by molar-refractivity contribution is -0.142. The van der Waals surface area contributed by atoms with E-state index in [2.05, 4.69) is 4.90 Å². The molecule has 0 bridgehead atoms. The maximum Gasteiger partial charge on any atom is 0.387 e. The maximum absolute atomic E-state index is 15.5. The third-order valence-corrected chi connectivity index (χ3v) is 10.00. The molecule has 7 nitrogen and oxygen atoms in total. The van der Waals surface area contributed by atoms with Gasteiger partial charge in [-0.2, -0.15) is 8.78 Å². The van der Waals surface area contributed by atoms with Gasteiger partial charge in [-0.05, 0) is 87.1 Å². The second kappa shape index (κ2) is 13.9. The zero-order chi connectivity index (χ0) is 34.2. The lowest BCUT2D eigenvalue weighted by Crippen LogP contribution is -2.35. The van der Waals surface area contributed by atoms with E-state index in [-0.39, 0.29) is 29.6 Å². The normalized spacial score (nSPS) is 17.1. The molecule has 254 valence electrons. The molecule has 2 saturated heterocycles. The first kappa shape index (κ1) is 33.1. The largest absolute Gasteiger partial charge is 0.480 e. The number of benzene rings is 4. The molecule has 11 heteroatoms. The van der Waals surface area contributed by atoms with Crippen LogP contribution in [0, 0.1) is 12.7 Å². The fourth-order valence-electron chi connectivity index (χ4n) is 7.14. The van der Waals surface area contributed by atoms with Crippen LogP contribution in [0.25, 0.3) is 44.8 Å². The van der Waals surface area contributed by atoms with Crippen molar-refractivity contribution in [3.05, 3.63) is 94.3 Å².